The van der Waals surface area contributed by atoms with Gasteiger partial charge in [-0.3, -0.25) is 9.69 Å². The maximum Gasteiger partial charge on any atom is 0.236 e. The molecule has 0 aromatic heterocycles. The van der Waals surface area contributed by atoms with E-state index in [-0.39, 0.29) is 18.3 Å². The summed E-state index contributed by atoms with van der Waals surface area (Å²) in [5, 5.41) is 3.48. The number of benzene rings is 1. The number of anilines is 1. The normalized spacial score (nSPS) is 18.1. The van der Waals surface area contributed by atoms with Crippen LogP contribution in [0.1, 0.15) is 25.0 Å². The number of hydrogen-bond acceptors (Lipinski definition) is 3. The molecule has 1 aromatic carbocycles. The van der Waals surface area contributed by atoms with Gasteiger partial charge in [-0.25, -0.2) is 0 Å². The van der Waals surface area contributed by atoms with Crippen molar-refractivity contribution in [3.8, 4) is 0 Å². The van der Waals surface area contributed by atoms with Crippen molar-refractivity contribution in [1.29, 1.82) is 0 Å². The van der Waals surface area contributed by atoms with Gasteiger partial charge in [-0.2, -0.15) is 0 Å². The van der Waals surface area contributed by atoms with Crippen molar-refractivity contribution in [3.05, 3.63) is 29.3 Å². The highest BCUT2D eigenvalue weighted by atomic mass is 35.5. The van der Waals surface area contributed by atoms with Gasteiger partial charge >= 0.3 is 0 Å². The average molecular weight is 324 g/mol. The highest BCUT2D eigenvalue weighted by molar-refractivity contribution is 5.85. The van der Waals surface area contributed by atoms with Crippen molar-refractivity contribution in [2.45, 2.75) is 26.8 Å². The van der Waals surface area contributed by atoms with Crippen molar-refractivity contribution >= 4 is 24.0 Å². The second kappa shape index (κ2) is 7.34. The van der Waals surface area contributed by atoms with Gasteiger partial charge in [-0.1, -0.05) is 32.0 Å². The molecule has 2 aliphatic rings. The number of rotatable bonds is 4. The summed E-state index contributed by atoms with van der Waals surface area (Å²) < 4.78 is 0. The third kappa shape index (κ3) is 3.73. The number of hydrogen-bond donors (Lipinski definition) is 1. The van der Waals surface area contributed by atoms with Crippen molar-refractivity contribution in [3.63, 3.8) is 0 Å². The Kier molecular flexibility index (Phi) is 5.70. The van der Waals surface area contributed by atoms with Crippen LogP contribution in [0, 0.1) is 5.92 Å². The maximum absolute atomic E-state index is 12.2. The van der Waals surface area contributed by atoms with E-state index in [1.165, 1.54) is 16.8 Å². The van der Waals surface area contributed by atoms with Gasteiger partial charge < -0.3 is 10.2 Å². The highest BCUT2D eigenvalue weighted by Crippen LogP contribution is 2.27. The molecule has 1 N–H and O–H groups in total. The summed E-state index contributed by atoms with van der Waals surface area (Å²) in [5.74, 6) is 0.817. The molecule has 0 bridgehead atoms. The molecule has 0 aliphatic carbocycles. The lowest BCUT2D eigenvalue weighted by Crippen LogP contribution is -2.50. The third-order valence-corrected chi connectivity index (χ3v) is 4.31. The number of piperazine rings is 1. The van der Waals surface area contributed by atoms with Gasteiger partial charge in [0.25, 0.3) is 0 Å². The minimum absolute atomic E-state index is 0. The number of carbonyl (C=O) groups excluding carboxylic acids is 1. The summed E-state index contributed by atoms with van der Waals surface area (Å²) in [5.41, 5.74) is 4.04. The van der Waals surface area contributed by atoms with Crippen LogP contribution in [0.5, 0.6) is 0 Å². The van der Waals surface area contributed by atoms with Crippen LogP contribution in [0.25, 0.3) is 0 Å². The van der Waals surface area contributed by atoms with Crippen molar-refractivity contribution in [2.24, 2.45) is 5.92 Å². The molecule has 1 amide bonds. The van der Waals surface area contributed by atoms with E-state index >= 15 is 0 Å². The fraction of sp³-hybridized carbons (Fsp3) is 0.588. The lowest BCUT2D eigenvalue weighted by atomic mass is 10.1. The molecule has 0 spiro atoms. The number of nitrogens with zero attached hydrogens (tertiary/aromatic N) is 2. The van der Waals surface area contributed by atoms with E-state index in [0.717, 1.165) is 39.1 Å². The van der Waals surface area contributed by atoms with Crippen LogP contribution in [-0.2, 0) is 17.8 Å². The number of halogens is 1. The minimum Gasteiger partial charge on any atom is -0.384 e. The van der Waals surface area contributed by atoms with Crippen molar-refractivity contribution in [2.75, 3.05) is 38.0 Å². The van der Waals surface area contributed by atoms with Gasteiger partial charge in [0.1, 0.15) is 0 Å². The lowest BCUT2D eigenvalue weighted by Gasteiger charge is -2.35. The summed E-state index contributed by atoms with van der Waals surface area (Å²) in [4.78, 5) is 16.5. The fourth-order valence-electron chi connectivity index (χ4n) is 3.31. The molecule has 3 rings (SSSR count). The van der Waals surface area contributed by atoms with Crippen LogP contribution in [0.4, 0.5) is 5.69 Å². The third-order valence-electron chi connectivity index (χ3n) is 4.31. The molecule has 2 heterocycles. The Labute approximate surface area is 139 Å². The van der Waals surface area contributed by atoms with E-state index in [1.807, 2.05) is 4.90 Å². The van der Waals surface area contributed by atoms with Crippen LogP contribution in [0.3, 0.4) is 0 Å². The smallest absolute Gasteiger partial charge is 0.236 e. The first kappa shape index (κ1) is 17.1. The summed E-state index contributed by atoms with van der Waals surface area (Å²) in [6.45, 7) is 9.51. The highest BCUT2D eigenvalue weighted by Gasteiger charge is 2.25. The monoisotopic (exact) mass is 323 g/mol. The summed E-state index contributed by atoms with van der Waals surface area (Å²) in [6, 6.07) is 6.52. The van der Waals surface area contributed by atoms with Crippen LogP contribution in [0.15, 0.2) is 18.2 Å². The Morgan fingerprint density at radius 2 is 2.09 bits per heavy atom. The van der Waals surface area contributed by atoms with E-state index in [0.29, 0.717) is 12.5 Å². The van der Waals surface area contributed by atoms with Gasteiger partial charge in [-0.15, -0.1) is 12.4 Å². The molecule has 2 aliphatic heterocycles. The molecule has 122 valence electrons. The van der Waals surface area contributed by atoms with Crippen LogP contribution >= 0.6 is 12.4 Å². The molecule has 0 saturated carbocycles. The zero-order valence-electron chi connectivity index (χ0n) is 13.5. The zero-order valence-corrected chi connectivity index (χ0v) is 14.3. The summed E-state index contributed by atoms with van der Waals surface area (Å²) >= 11 is 0. The zero-order chi connectivity index (χ0) is 14.8. The molecule has 1 aromatic rings. The average Bonchev–Trinajstić information content (AvgIpc) is 2.91. The Morgan fingerprint density at radius 1 is 1.27 bits per heavy atom. The van der Waals surface area contributed by atoms with Gasteiger partial charge in [-0.05, 0) is 23.5 Å². The van der Waals surface area contributed by atoms with Gasteiger partial charge in [0.2, 0.25) is 5.91 Å². The molecule has 0 radical (unpaired) electrons. The first-order chi connectivity index (χ1) is 10.1. The van der Waals surface area contributed by atoms with E-state index in [4.69, 9.17) is 0 Å². The predicted octanol–water partition coefficient (Wildman–Crippen LogP) is 2.38. The Hall–Kier alpha value is -1.26. The number of fused-ring (bicyclic) bond motifs is 1. The SMILES string of the molecule is CC(C)CN1CCN(Cc2cccc3c2NCC3)CC1=O.Cl. The van der Waals surface area contributed by atoms with Crippen LogP contribution in [0.2, 0.25) is 0 Å². The van der Waals surface area contributed by atoms with Crippen molar-refractivity contribution in [1.82, 2.24) is 9.80 Å². The topological polar surface area (TPSA) is 35.6 Å². The number of para-hydroxylation sites is 1. The largest absolute Gasteiger partial charge is 0.384 e. The molecule has 1 fully saturated rings. The first-order valence-electron chi connectivity index (χ1n) is 7.98. The predicted molar refractivity (Wildman–Crippen MR) is 92.6 cm³/mol. The summed E-state index contributed by atoms with van der Waals surface area (Å²) in [7, 11) is 0. The van der Waals surface area contributed by atoms with E-state index in [9.17, 15) is 4.79 Å². The second-order valence-corrected chi connectivity index (χ2v) is 6.57. The van der Waals surface area contributed by atoms with E-state index in [2.05, 4.69) is 42.3 Å². The molecular weight excluding hydrogens is 298 g/mol. The Bertz CT molecular complexity index is 533. The molecule has 0 unspecified atom stereocenters. The fourth-order valence-corrected chi connectivity index (χ4v) is 3.31. The number of nitrogens with one attached hydrogen (secondary N) is 1. The standard InChI is InChI=1S/C17H25N3O.ClH/c1-13(2)10-20-9-8-19(12-16(20)21)11-15-5-3-4-14-6-7-18-17(14)15;/h3-5,13,18H,6-12H2,1-2H3;1H. The van der Waals surface area contributed by atoms with E-state index in [1.54, 1.807) is 0 Å². The number of carbonyl (C=O) groups is 1. The van der Waals surface area contributed by atoms with E-state index < -0.39 is 0 Å². The Balaban J connectivity index is 0.00000176. The Morgan fingerprint density at radius 3 is 2.82 bits per heavy atom. The molecule has 5 heteroatoms. The first-order valence-corrected chi connectivity index (χ1v) is 7.98. The number of amides is 1. The van der Waals surface area contributed by atoms with Crippen molar-refractivity contribution < 1.29 is 4.79 Å². The van der Waals surface area contributed by atoms with Gasteiger partial charge in [0.05, 0.1) is 6.54 Å². The molecule has 22 heavy (non-hydrogen) atoms. The molecule has 4 nitrogen and oxygen atoms in total. The van der Waals surface area contributed by atoms with Gasteiger partial charge in [0, 0.05) is 38.4 Å². The molecular formula is C17H26ClN3O. The van der Waals surface area contributed by atoms with Crippen LogP contribution in [-0.4, -0.2) is 48.4 Å². The minimum atomic E-state index is 0. The summed E-state index contributed by atoms with van der Waals surface area (Å²) in [6.07, 6.45) is 1.12. The lowest BCUT2D eigenvalue weighted by molar-refractivity contribution is -0.136. The quantitative estimate of drug-likeness (QED) is 0.924. The van der Waals surface area contributed by atoms with Gasteiger partial charge in [0.15, 0.2) is 0 Å². The second-order valence-electron chi connectivity index (χ2n) is 6.57. The van der Waals surface area contributed by atoms with Crippen LogP contribution < -0.4 is 5.32 Å². The maximum atomic E-state index is 12.2. The molecule has 0 atom stereocenters. The molecule has 1 saturated heterocycles.